The van der Waals surface area contributed by atoms with Gasteiger partial charge in [-0.3, -0.25) is 0 Å². The highest BCUT2D eigenvalue weighted by atomic mass is 32.1. The minimum atomic E-state index is -0.219. The number of rotatable bonds is 3. The van der Waals surface area contributed by atoms with Crippen LogP contribution in [-0.2, 0) is 6.54 Å². The summed E-state index contributed by atoms with van der Waals surface area (Å²) in [5.41, 5.74) is 10.6. The van der Waals surface area contributed by atoms with Gasteiger partial charge in [-0.05, 0) is 42.3 Å². The molecule has 21 heavy (non-hydrogen) atoms. The monoisotopic (exact) mass is 298 g/mol. The van der Waals surface area contributed by atoms with Crippen molar-refractivity contribution in [3.63, 3.8) is 0 Å². The molecular weight excluding hydrogens is 283 g/mol. The van der Waals surface area contributed by atoms with E-state index in [1.54, 1.807) is 17.4 Å². The Bertz CT molecular complexity index is 780. The molecule has 0 aliphatic heterocycles. The lowest BCUT2D eigenvalue weighted by Gasteiger charge is -2.02. The Kier molecular flexibility index (Phi) is 3.82. The van der Waals surface area contributed by atoms with Crippen molar-refractivity contribution < 1.29 is 4.39 Å². The van der Waals surface area contributed by atoms with E-state index in [4.69, 9.17) is 5.73 Å². The SMILES string of the molecule is Cc1cc(F)ccc1-c1nc(-c2cccc(CN)c2)cs1. The first-order valence-corrected chi connectivity index (χ1v) is 7.57. The molecule has 2 aromatic carbocycles. The number of nitrogens with zero attached hydrogens (tertiary/aromatic N) is 1. The summed E-state index contributed by atoms with van der Waals surface area (Å²) in [4.78, 5) is 4.67. The topological polar surface area (TPSA) is 38.9 Å². The van der Waals surface area contributed by atoms with Crippen molar-refractivity contribution in [2.45, 2.75) is 13.5 Å². The Labute approximate surface area is 127 Å². The van der Waals surface area contributed by atoms with Crippen LogP contribution in [0.25, 0.3) is 21.8 Å². The molecule has 2 nitrogen and oxygen atoms in total. The first-order chi connectivity index (χ1) is 10.2. The zero-order valence-corrected chi connectivity index (χ0v) is 12.5. The average Bonchev–Trinajstić information content (AvgIpc) is 2.97. The van der Waals surface area contributed by atoms with Gasteiger partial charge in [-0.1, -0.05) is 18.2 Å². The largest absolute Gasteiger partial charge is 0.326 e. The molecule has 0 saturated carbocycles. The number of thiazole rings is 1. The minimum absolute atomic E-state index is 0.219. The number of aryl methyl sites for hydroxylation is 1. The second-order valence-electron chi connectivity index (χ2n) is 4.90. The molecule has 0 fully saturated rings. The van der Waals surface area contributed by atoms with E-state index < -0.39 is 0 Å². The van der Waals surface area contributed by atoms with Gasteiger partial charge in [0.15, 0.2) is 0 Å². The fourth-order valence-electron chi connectivity index (χ4n) is 2.25. The predicted octanol–water partition coefficient (Wildman–Crippen LogP) is 4.38. The van der Waals surface area contributed by atoms with Gasteiger partial charge in [0.2, 0.25) is 0 Å². The molecule has 0 atom stereocenters. The Morgan fingerprint density at radius 2 is 2.05 bits per heavy atom. The van der Waals surface area contributed by atoms with Gasteiger partial charge in [-0.25, -0.2) is 9.37 Å². The third-order valence-electron chi connectivity index (χ3n) is 3.38. The van der Waals surface area contributed by atoms with E-state index in [1.165, 1.54) is 12.1 Å². The van der Waals surface area contributed by atoms with Gasteiger partial charge in [0.1, 0.15) is 10.8 Å². The zero-order chi connectivity index (χ0) is 14.8. The van der Waals surface area contributed by atoms with E-state index in [2.05, 4.69) is 11.1 Å². The third-order valence-corrected chi connectivity index (χ3v) is 4.26. The number of aromatic nitrogens is 1. The van der Waals surface area contributed by atoms with Crippen molar-refractivity contribution in [2.24, 2.45) is 5.73 Å². The summed E-state index contributed by atoms with van der Waals surface area (Å²) < 4.78 is 13.2. The van der Waals surface area contributed by atoms with Crippen LogP contribution < -0.4 is 5.73 Å². The minimum Gasteiger partial charge on any atom is -0.326 e. The Morgan fingerprint density at radius 1 is 1.19 bits per heavy atom. The smallest absolute Gasteiger partial charge is 0.124 e. The van der Waals surface area contributed by atoms with Crippen LogP contribution in [0.4, 0.5) is 4.39 Å². The van der Waals surface area contributed by atoms with Crippen LogP contribution in [0.15, 0.2) is 47.8 Å². The van der Waals surface area contributed by atoms with E-state index in [9.17, 15) is 4.39 Å². The summed E-state index contributed by atoms with van der Waals surface area (Å²) in [7, 11) is 0. The lowest BCUT2D eigenvalue weighted by Crippen LogP contribution is -1.95. The molecule has 0 amide bonds. The van der Waals surface area contributed by atoms with Crippen LogP contribution in [0.3, 0.4) is 0 Å². The lowest BCUT2D eigenvalue weighted by molar-refractivity contribution is 0.627. The molecule has 3 aromatic rings. The van der Waals surface area contributed by atoms with Crippen LogP contribution in [0, 0.1) is 12.7 Å². The van der Waals surface area contributed by atoms with Crippen molar-refractivity contribution >= 4 is 11.3 Å². The van der Waals surface area contributed by atoms with E-state index >= 15 is 0 Å². The number of hydrogen-bond acceptors (Lipinski definition) is 3. The second-order valence-corrected chi connectivity index (χ2v) is 5.76. The van der Waals surface area contributed by atoms with Crippen molar-refractivity contribution in [2.75, 3.05) is 0 Å². The van der Waals surface area contributed by atoms with E-state index in [-0.39, 0.29) is 5.82 Å². The maximum absolute atomic E-state index is 13.2. The van der Waals surface area contributed by atoms with Gasteiger partial charge in [-0.2, -0.15) is 0 Å². The summed E-state index contributed by atoms with van der Waals surface area (Å²) in [6, 6.07) is 12.8. The van der Waals surface area contributed by atoms with E-state index in [0.29, 0.717) is 6.54 Å². The third kappa shape index (κ3) is 2.86. The molecule has 0 aliphatic rings. The number of nitrogens with two attached hydrogens (primary N) is 1. The fraction of sp³-hybridized carbons (Fsp3) is 0.118. The Morgan fingerprint density at radius 3 is 2.81 bits per heavy atom. The molecule has 2 N–H and O–H groups in total. The molecule has 0 bridgehead atoms. The molecule has 3 rings (SSSR count). The first kappa shape index (κ1) is 13.9. The quantitative estimate of drug-likeness (QED) is 0.779. The molecule has 1 aromatic heterocycles. The Balaban J connectivity index is 1.99. The molecule has 0 saturated heterocycles. The second kappa shape index (κ2) is 5.76. The van der Waals surface area contributed by atoms with Crippen LogP contribution >= 0.6 is 11.3 Å². The molecule has 0 aliphatic carbocycles. The van der Waals surface area contributed by atoms with Gasteiger partial charge in [0, 0.05) is 23.1 Å². The molecule has 0 unspecified atom stereocenters. The van der Waals surface area contributed by atoms with Gasteiger partial charge >= 0.3 is 0 Å². The summed E-state index contributed by atoms with van der Waals surface area (Å²) in [6.45, 7) is 2.41. The van der Waals surface area contributed by atoms with Crippen LogP contribution in [0.2, 0.25) is 0 Å². The molecule has 0 radical (unpaired) electrons. The standard InChI is InChI=1S/C17H15FN2S/c1-11-7-14(18)5-6-15(11)17-20-16(10-21-17)13-4-2-3-12(8-13)9-19/h2-8,10H,9,19H2,1H3. The van der Waals surface area contributed by atoms with Crippen LogP contribution in [-0.4, -0.2) is 4.98 Å². The normalized spacial score (nSPS) is 10.8. The molecule has 106 valence electrons. The van der Waals surface area contributed by atoms with Gasteiger partial charge in [0.25, 0.3) is 0 Å². The molecular formula is C17H15FN2S. The molecule has 0 spiro atoms. The van der Waals surface area contributed by atoms with Gasteiger partial charge in [0.05, 0.1) is 5.69 Å². The predicted molar refractivity (Wildman–Crippen MR) is 85.6 cm³/mol. The van der Waals surface area contributed by atoms with E-state index in [1.807, 2.05) is 30.5 Å². The molecule has 4 heteroatoms. The number of benzene rings is 2. The highest BCUT2D eigenvalue weighted by molar-refractivity contribution is 7.13. The van der Waals surface area contributed by atoms with Crippen LogP contribution in [0.1, 0.15) is 11.1 Å². The van der Waals surface area contributed by atoms with E-state index in [0.717, 1.165) is 33.0 Å². The summed E-state index contributed by atoms with van der Waals surface area (Å²) in [5.74, 6) is -0.219. The van der Waals surface area contributed by atoms with Crippen LogP contribution in [0.5, 0.6) is 0 Å². The summed E-state index contributed by atoms with van der Waals surface area (Å²) in [5, 5.41) is 2.92. The zero-order valence-electron chi connectivity index (χ0n) is 11.6. The average molecular weight is 298 g/mol. The number of hydrogen-bond donors (Lipinski definition) is 1. The van der Waals surface area contributed by atoms with Gasteiger partial charge < -0.3 is 5.73 Å². The Hall–Kier alpha value is -2.04. The highest BCUT2D eigenvalue weighted by Gasteiger charge is 2.09. The highest BCUT2D eigenvalue weighted by Crippen LogP contribution is 2.31. The lowest BCUT2D eigenvalue weighted by atomic mass is 10.1. The maximum atomic E-state index is 13.2. The van der Waals surface area contributed by atoms with Crippen molar-refractivity contribution in [3.8, 4) is 21.8 Å². The van der Waals surface area contributed by atoms with Gasteiger partial charge in [-0.15, -0.1) is 11.3 Å². The first-order valence-electron chi connectivity index (χ1n) is 6.69. The number of halogens is 1. The maximum Gasteiger partial charge on any atom is 0.124 e. The molecule has 1 heterocycles. The van der Waals surface area contributed by atoms with Crippen molar-refractivity contribution in [3.05, 3.63) is 64.8 Å². The van der Waals surface area contributed by atoms with Crippen molar-refractivity contribution in [1.29, 1.82) is 0 Å². The fourth-order valence-corrected chi connectivity index (χ4v) is 3.17. The summed E-state index contributed by atoms with van der Waals surface area (Å²) >= 11 is 1.57. The summed E-state index contributed by atoms with van der Waals surface area (Å²) in [6.07, 6.45) is 0. The van der Waals surface area contributed by atoms with Crippen molar-refractivity contribution in [1.82, 2.24) is 4.98 Å².